The quantitative estimate of drug-likeness (QED) is 0.523. The third kappa shape index (κ3) is 4.59. The molecule has 0 fully saturated rings. The zero-order valence-electron chi connectivity index (χ0n) is 16.5. The highest BCUT2D eigenvalue weighted by Gasteiger charge is 2.29. The van der Waals surface area contributed by atoms with Crippen molar-refractivity contribution in [3.05, 3.63) is 45.8 Å². The van der Waals surface area contributed by atoms with Crippen molar-refractivity contribution in [2.45, 2.75) is 38.1 Å². The topological polar surface area (TPSA) is 58.6 Å². The summed E-state index contributed by atoms with van der Waals surface area (Å²) in [5, 5.41) is 3.54. The van der Waals surface area contributed by atoms with Crippen LogP contribution in [0, 0.1) is 0 Å². The lowest BCUT2D eigenvalue weighted by Gasteiger charge is -2.26. The highest BCUT2D eigenvalue weighted by molar-refractivity contribution is 7.99. The number of thiophene rings is 1. The van der Waals surface area contributed by atoms with Gasteiger partial charge in [-0.3, -0.25) is 9.69 Å². The van der Waals surface area contributed by atoms with Gasteiger partial charge < -0.3 is 10.1 Å². The fourth-order valence-electron chi connectivity index (χ4n) is 3.41. The zero-order valence-corrected chi connectivity index (χ0v) is 18.2. The van der Waals surface area contributed by atoms with Crippen LogP contribution in [-0.2, 0) is 17.7 Å². The Kier molecular flexibility index (Phi) is 7.15. The highest BCUT2D eigenvalue weighted by atomic mass is 32.2. The molecule has 0 aliphatic carbocycles. The lowest BCUT2D eigenvalue weighted by molar-refractivity contribution is 0.0600. The number of ether oxygens (including phenoxy) is 1. The second-order valence-corrected chi connectivity index (χ2v) is 9.08. The van der Waals surface area contributed by atoms with Gasteiger partial charge in [-0.2, -0.15) is 0 Å². The minimum atomic E-state index is -0.383. The van der Waals surface area contributed by atoms with E-state index in [1.807, 2.05) is 24.3 Å². The van der Waals surface area contributed by atoms with Gasteiger partial charge in [0, 0.05) is 28.4 Å². The number of hydrogen-bond donors (Lipinski definition) is 1. The largest absolute Gasteiger partial charge is 0.465 e. The molecular weight excluding hydrogens is 392 g/mol. The molecule has 0 saturated heterocycles. The van der Waals surface area contributed by atoms with Gasteiger partial charge in [-0.25, -0.2) is 4.79 Å². The second-order valence-electron chi connectivity index (χ2n) is 6.64. The van der Waals surface area contributed by atoms with E-state index in [4.69, 9.17) is 4.74 Å². The summed E-state index contributed by atoms with van der Waals surface area (Å²) in [4.78, 5) is 29.8. The summed E-state index contributed by atoms with van der Waals surface area (Å²) in [6.07, 6.45) is 1.90. The molecule has 2 heterocycles. The van der Waals surface area contributed by atoms with Crippen molar-refractivity contribution in [3.63, 3.8) is 0 Å². The Bertz CT molecular complexity index is 846. The van der Waals surface area contributed by atoms with Crippen molar-refractivity contribution < 1.29 is 14.3 Å². The van der Waals surface area contributed by atoms with Crippen LogP contribution in [0.25, 0.3) is 0 Å². The normalized spacial score (nSPS) is 13.8. The average molecular weight is 419 g/mol. The van der Waals surface area contributed by atoms with Crippen LogP contribution in [0.15, 0.2) is 29.2 Å². The molecule has 3 rings (SSSR count). The summed E-state index contributed by atoms with van der Waals surface area (Å²) < 4.78 is 5.01. The standard InChI is InChI=1S/C21H26N2O3S2/c1-4-11-23-12-10-16-17(13-23)28-20(18(16)21(25)26-3)22-19(24)14-6-8-15(9-7-14)27-5-2/h6-9H,4-5,10-13H2,1-3H3,(H,22,24). The number of methoxy groups -OCH3 is 1. The van der Waals surface area contributed by atoms with Crippen LogP contribution < -0.4 is 5.32 Å². The maximum Gasteiger partial charge on any atom is 0.341 e. The maximum absolute atomic E-state index is 12.8. The van der Waals surface area contributed by atoms with Gasteiger partial charge in [-0.15, -0.1) is 23.1 Å². The predicted octanol–water partition coefficient (Wildman–Crippen LogP) is 4.67. The van der Waals surface area contributed by atoms with Gasteiger partial charge in [0.25, 0.3) is 5.91 Å². The van der Waals surface area contributed by atoms with Crippen LogP contribution in [0.1, 0.15) is 51.4 Å². The number of anilines is 1. The van der Waals surface area contributed by atoms with Gasteiger partial charge in [0.15, 0.2) is 0 Å². The number of nitrogens with one attached hydrogen (secondary N) is 1. The predicted molar refractivity (Wildman–Crippen MR) is 116 cm³/mol. The molecule has 28 heavy (non-hydrogen) atoms. The molecular formula is C21H26N2O3S2. The number of hydrogen-bond acceptors (Lipinski definition) is 6. The van der Waals surface area contributed by atoms with E-state index in [-0.39, 0.29) is 11.9 Å². The minimum absolute atomic E-state index is 0.206. The molecule has 1 amide bonds. The van der Waals surface area contributed by atoms with Gasteiger partial charge >= 0.3 is 5.97 Å². The summed E-state index contributed by atoms with van der Waals surface area (Å²) in [6.45, 7) is 7.04. The Labute approximate surface area is 174 Å². The molecule has 1 aromatic heterocycles. The number of nitrogens with zero attached hydrogens (tertiary/aromatic N) is 1. The summed E-state index contributed by atoms with van der Waals surface area (Å²) in [5.74, 6) is 0.401. The summed E-state index contributed by atoms with van der Waals surface area (Å²) in [6, 6.07) is 7.54. The molecule has 0 atom stereocenters. The lowest BCUT2D eigenvalue weighted by atomic mass is 10.0. The molecule has 1 N–H and O–H groups in total. The van der Waals surface area contributed by atoms with Crippen LogP contribution in [0.3, 0.4) is 0 Å². The Balaban J connectivity index is 1.84. The number of carbonyl (C=O) groups is 2. The maximum atomic E-state index is 12.8. The fourth-order valence-corrected chi connectivity index (χ4v) is 5.35. The first-order valence-electron chi connectivity index (χ1n) is 9.56. The van der Waals surface area contributed by atoms with Gasteiger partial charge in [0.05, 0.1) is 12.7 Å². The number of esters is 1. The van der Waals surface area contributed by atoms with E-state index in [0.29, 0.717) is 16.1 Å². The van der Waals surface area contributed by atoms with E-state index in [9.17, 15) is 9.59 Å². The Morgan fingerprint density at radius 3 is 2.64 bits per heavy atom. The Morgan fingerprint density at radius 2 is 2.00 bits per heavy atom. The third-order valence-electron chi connectivity index (χ3n) is 4.72. The van der Waals surface area contributed by atoms with Crippen molar-refractivity contribution in [3.8, 4) is 0 Å². The molecule has 5 nitrogen and oxygen atoms in total. The van der Waals surface area contributed by atoms with Crippen molar-refractivity contribution in [2.24, 2.45) is 0 Å². The molecule has 0 saturated carbocycles. The summed E-state index contributed by atoms with van der Waals surface area (Å²) in [7, 11) is 1.38. The van der Waals surface area contributed by atoms with Gasteiger partial charge in [0.1, 0.15) is 5.00 Å². The molecule has 150 valence electrons. The molecule has 1 aliphatic rings. The van der Waals surface area contributed by atoms with Crippen LogP contribution in [-0.4, -0.2) is 42.7 Å². The number of rotatable bonds is 7. The monoisotopic (exact) mass is 418 g/mol. The molecule has 0 unspecified atom stereocenters. The van der Waals surface area contributed by atoms with Crippen molar-refractivity contribution in [1.29, 1.82) is 0 Å². The highest BCUT2D eigenvalue weighted by Crippen LogP contribution is 2.38. The van der Waals surface area contributed by atoms with Crippen LogP contribution >= 0.6 is 23.1 Å². The van der Waals surface area contributed by atoms with E-state index in [2.05, 4.69) is 24.1 Å². The van der Waals surface area contributed by atoms with Crippen LogP contribution in [0.5, 0.6) is 0 Å². The minimum Gasteiger partial charge on any atom is -0.465 e. The van der Waals surface area contributed by atoms with Gasteiger partial charge in [-0.1, -0.05) is 13.8 Å². The average Bonchev–Trinajstić information content (AvgIpc) is 3.05. The van der Waals surface area contributed by atoms with Gasteiger partial charge in [-0.05, 0) is 55.0 Å². The molecule has 0 spiro atoms. The number of thioether (sulfide) groups is 1. The van der Waals surface area contributed by atoms with E-state index >= 15 is 0 Å². The molecule has 2 aromatic rings. The van der Waals surface area contributed by atoms with Crippen molar-refractivity contribution in [2.75, 3.05) is 31.3 Å². The number of fused-ring (bicyclic) bond motifs is 1. The summed E-state index contributed by atoms with van der Waals surface area (Å²) >= 11 is 3.23. The lowest BCUT2D eigenvalue weighted by Crippen LogP contribution is -2.30. The SMILES string of the molecule is CCCN1CCc2c(sc(NC(=O)c3ccc(SCC)cc3)c2C(=O)OC)C1. The molecule has 1 aliphatic heterocycles. The first kappa shape index (κ1) is 20.9. The Morgan fingerprint density at radius 1 is 1.25 bits per heavy atom. The zero-order chi connectivity index (χ0) is 20.1. The van der Waals surface area contributed by atoms with E-state index in [1.165, 1.54) is 18.4 Å². The number of amides is 1. The van der Waals surface area contributed by atoms with Gasteiger partial charge in [0.2, 0.25) is 0 Å². The third-order valence-corrected chi connectivity index (χ3v) is 6.75. The smallest absolute Gasteiger partial charge is 0.341 e. The van der Waals surface area contributed by atoms with Crippen molar-refractivity contribution >= 4 is 40.0 Å². The number of carbonyl (C=O) groups excluding carboxylic acids is 2. The van der Waals surface area contributed by atoms with Crippen LogP contribution in [0.2, 0.25) is 0 Å². The first-order valence-corrected chi connectivity index (χ1v) is 11.4. The molecule has 0 radical (unpaired) electrons. The Hall–Kier alpha value is -1.83. The van der Waals surface area contributed by atoms with E-state index in [1.54, 1.807) is 11.8 Å². The summed E-state index contributed by atoms with van der Waals surface area (Å²) in [5.41, 5.74) is 2.12. The van der Waals surface area contributed by atoms with E-state index < -0.39 is 0 Å². The number of benzene rings is 1. The second kappa shape index (κ2) is 9.58. The fraction of sp³-hybridized carbons (Fsp3) is 0.429. The molecule has 0 bridgehead atoms. The molecule has 7 heteroatoms. The van der Waals surface area contributed by atoms with Crippen LogP contribution in [0.4, 0.5) is 5.00 Å². The first-order chi connectivity index (χ1) is 13.6. The van der Waals surface area contributed by atoms with Crippen molar-refractivity contribution in [1.82, 2.24) is 4.90 Å². The van der Waals surface area contributed by atoms with E-state index in [0.717, 1.165) is 53.6 Å². The molecule has 1 aromatic carbocycles.